The topological polar surface area (TPSA) is 76.5 Å². The van der Waals surface area contributed by atoms with E-state index >= 15 is 0 Å². The van der Waals surface area contributed by atoms with E-state index in [0.717, 1.165) is 51.0 Å². The summed E-state index contributed by atoms with van der Waals surface area (Å²) in [5, 5.41) is 4.26. The first-order valence-electron chi connectivity index (χ1n) is 9.20. The van der Waals surface area contributed by atoms with Crippen molar-refractivity contribution < 1.29 is 13.2 Å². The molecule has 2 aliphatic heterocycles. The molecule has 3 aliphatic rings. The standard InChI is InChI=1S/C17H28N4O3S/c1-13-7-15(20(2)19-13)9-21-11-17(12-21)6-5-14(10-24-17)8-18-25(22,23)16-3-4-16/h7,14,16,18H,3-6,8-12H2,1-2H3. The lowest BCUT2D eigenvalue weighted by Gasteiger charge is -2.53. The van der Waals surface area contributed by atoms with Crippen molar-refractivity contribution in [1.82, 2.24) is 19.4 Å². The van der Waals surface area contributed by atoms with Gasteiger partial charge in [-0.25, -0.2) is 13.1 Å². The summed E-state index contributed by atoms with van der Waals surface area (Å²) in [6.07, 6.45) is 3.67. The van der Waals surface area contributed by atoms with Crippen molar-refractivity contribution >= 4 is 10.0 Å². The van der Waals surface area contributed by atoms with E-state index in [1.54, 1.807) is 0 Å². The highest BCUT2D eigenvalue weighted by molar-refractivity contribution is 7.90. The highest BCUT2D eigenvalue weighted by Gasteiger charge is 2.46. The van der Waals surface area contributed by atoms with E-state index in [9.17, 15) is 8.42 Å². The van der Waals surface area contributed by atoms with Crippen LogP contribution in [-0.4, -0.2) is 60.2 Å². The highest BCUT2D eigenvalue weighted by Crippen LogP contribution is 2.36. The molecule has 25 heavy (non-hydrogen) atoms. The second-order valence-electron chi connectivity index (χ2n) is 8.04. The van der Waals surface area contributed by atoms with Gasteiger partial charge in [-0.2, -0.15) is 5.10 Å². The maximum atomic E-state index is 11.9. The minimum atomic E-state index is -3.07. The summed E-state index contributed by atoms with van der Waals surface area (Å²) in [4.78, 5) is 2.40. The van der Waals surface area contributed by atoms with Gasteiger partial charge in [0.2, 0.25) is 10.0 Å². The van der Waals surface area contributed by atoms with Crippen LogP contribution >= 0.6 is 0 Å². The molecule has 3 fully saturated rings. The molecule has 0 amide bonds. The SMILES string of the molecule is Cc1cc(CN2CC3(CCC(CNS(=O)(=O)C4CC4)CO3)C2)n(C)n1. The molecule has 3 heterocycles. The lowest BCUT2D eigenvalue weighted by atomic mass is 9.83. The first-order chi connectivity index (χ1) is 11.9. The Morgan fingerprint density at radius 2 is 2.12 bits per heavy atom. The third-order valence-corrected chi connectivity index (χ3v) is 7.60. The van der Waals surface area contributed by atoms with Crippen LogP contribution < -0.4 is 4.72 Å². The second-order valence-corrected chi connectivity index (χ2v) is 10.1. The number of ether oxygens (including phenoxy) is 1. The van der Waals surface area contributed by atoms with Crippen LogP contribution in [-0.2, 0) is 28.4 Å². The molecule has 7 nitrogen and oxygen atoms in total. The van der Waals surface area contributed by atoms with Gasteiger partial charge in [-0.05, 0) is 44.6 Å². The summed E-state index contributed by atoms with van der Waals surface area (Å²) >= 11 is 0. The van der Waals surface area contributed by atoms with Crippen LogP contribution in [0.25, 0.3) is 0 Å². The van der Waals surface area contributed by atoms with E-state index in [1.807, 2.05) is 18.7 Å². The highest BCUT2D eigenvalue weighted by atomic mass is 32.2. The van der Waals surface area contributed by atoms with Gasteiger partial charge in [0.15, 0.2) is 0 Å². The molecule has 1 spiro atoms. The maximum Gasteiger partial charge on any atom is 0.214 e. The molecular formula is C17H28N4O3S. The van der Waals surface area contributed by atoms with Crippen LogP contribution in [0, 0.1) is 12.8 Å². The van der Waals surface area contributed by atoms with Gasteiger partial charge in [0.05, 0.1) is 28.8 Å². The van der Waals surface area contributed by atoms with E-state index in [-0.39, 0.29) is 10.9 Å². The van der Waals surface area contributed by atoms with Gasteiger partial charge in [-0.15, -0.1) is 0 Å². The predicted molar refractivity (Wildman–Crippen MR) is 94.6 cm³/mol. The van der Waals surface area contributed by atoms with Crippen LogP contribution in [0.1, 0.15) is 37.1 Å². The first kappa shape index (κ1) is 17.5. The Labute approximate surface area is 149 Å². The van der Waals surface area contributed by atoms with Gasteiger partial charge in [0.1, 0.15) is 0 Å². The first-order valence-corrected chi connectivity index (χ1v) is 10.7. The number of rotatable bonds is 6. The van der Waals surface area contributed by atoms with Gasteiger partial charge in [0.25, 0.3) is 0 Å². The van der Waals surface area contributed by atoms with Crippen LogP contribution in [0.5, 0.6) is 0 Å². The van der Waals surface area contributed by atoms with Crippen molar-refractivity contribution in [2.24, 2.45) is 13.0 Å². The summed E-state index contributed by atoms with van der Waals surface area (Å²) in [6.45, 7) is 6.02. The monoisotopic (exact) mass is 368 g/mol. The number of aromatic nitrogens is 2. The Morgan fingerprint density at radius 3 is 2.68 bits per heavy atom. The summed E-state index contributed by atoms with van der Waals surface area (Å²) in [7, 11) is -1.09. The Morgan fingerprint density at radius 1 is 1.36 bits per heavy atom. The largest absolute Gasteiger partial charge is 0.372 e. The predicted octanol–water partition coefficient (Wildman–Crippen LogP) is 0.791. The van der Waals surface area contributed by atoms with Gasteiger partial charge in [-0.3, -0.25) is 9.58 Å². The smallest absolute Gasteiger partial charge is 0.214 e. The van der Waals surface area contributed by atoms with Crippen LogP contribution in [0.15, 0.2) is 6.07 Å². The van der Waals surface area contributed by atoms with Crippen molar-refractivity contribution in [2.45, 2.75) is 50.0 Å². The van der Waals surface area contributed by atoms with Crippen LogP contribution in [0.3, 0.4) is 0 Å². The Kier molecular flexibility index (Phi) is 4.42. The van der Waals surface area contributed by atoms with Crippen molar-refractivity contribution in [3.05, 3.63) is 17.5 Å². The van der Waals surface area contributed by atoms with Crippen LogP contribution in [0.2, 0.25) is 0 Å². The molecule has 2 saturated heterocycles. The quantitative estimate of drug-likeness (QED) is 0.803. The average Bonchev–Trinajstić information content (AvgIpc) is 3.33. The van der Waals surface area contributed by atoms with E-state index in [0.29, 0.717) is 19.1 Å². The van der Waals surface area contributed by atoms with E-state index in [1.165, 1.54) is 5.69 Å². The molecule has 1 unspecified atom stereocenters. The summed E-state index contributed by atoms with van der Waals surface area (Å²) in [5.74, 6) is 0.299. The zero-order chi connectivity index (χ0) is 17.7. The Bertz CT molecular complexity index is 725. The molecule has 0 bridgehead atoms. The number of nitrogens with zero attached hydrogens (tertiary/aromatic N) is 3. The number of sulfonamides is 1. The molecular weight excluding hydrogens is 340 g/mol. The number of nitrogens with one attached hydrogen (secondary N) is 1. The fourth-order valence-corrected chi connectivity index (χ4v) is 5.44. The molecule has 1 aliphatic carbocycles. The molecule has 8 heteroatoms. The summed E-state index contributed by atoms with van der Waals surface area (Å²) < 4.78 is 34.7. The Hall–Kier alpha value is -0.960. The number of aryl methyl sites for hydroxylation is 2. The van der Waals surface area contributed by atoms with E-state index in [4.69, 9.17) is 4.74 Å². The van der Waals surface area contributed by atoms with Gasteiger partial charge in [0, 0.05) is 33.2 Å². The lowest BCUT2D eigenvalue weighted by molar-refractivity contribution is -0.181. The fourth-order valence-electron chi connectivity index (χ4n) is 3.98. The van der Waals surface area contributed by atoms with Gasteiger partial charge in [-0.1, -0.05) is 0 Å². The molecule has 140 valence electrons. The average molecular weight is 369 g/mol. The molecule has 1 aromatic heterocycles. The third-order valence-electron chi connectivity index (χ3n) is 5.68. The zero-order valence-corrected chi connectivity index (χ0v) is 15.9. The number of likely N-dealkylation sites (tertiary alicyclic amines) is 1. The minimum absolute atomic E-state index is 0.0144. The van der Waals surface area contributed by atoms with Gasteiger partial charge >= 0.3 is 0 Å². The zero-order valence-electron chi connectivity index (χ0n) is 15.1. The molecule has 1 N–H and O–H groups in total. The second kappa shape index (κ2) is 6.33. The molecule has 0 aromatic carbocycles. The summed E-state index contributed by atoms with van der Waals surface area (Å²) in [5.41, 5.74) is 2.27. The van der Waals surface area contributed by atoms with E-state index in [2.05, 4.69) is 20.8 Å². The lowest BCUT2D eigenvalue weighted by Crippen LogP contribution is -2.64. The van der Waals surface area contributed by atoms with Crippen molar-refractivity contribution in [2.75, 3.05) is 26.2 Å². The summed E-state index contributed by atoms with van der Waals surface area (Å²) in [6, 6.07) is 2.13. The molecule has 1 aromatic rings. The van der Waals surface area contributed by atoms with E-state index < -0.39 is 10.0 Å². The molecule has 4 rings (SSSR count). The van der Waals surface area contributed by atoms with Crippen molar-refractivity contribution in [1.29, 1.82) is 0 Å². The fraction of sp³-hybridized carbons (Fsp3) is 0.824. The number of hydrogen-bond acceptors (Lipinski definition) is 5. The molecule has 0 radical (unpaired) electrons. The van der Waals surface area contributed by atoms with Crippen molar-refractivity contribution in [3.8, 4) is 0 Å². The molecule has 1 atom stereocenters. The normalized spacial score (nSPS) is 26.7. The minimum Gasteiger partial charge on any atom is -0.372 e. The van der Waals surface area contributed by atoms with Crippen molar-refractivity contribution in [3.63, 3.8) is 0 Å². The maximum absolute atomic E-state index is 11.9. The van der Waals surface area contributed by atoms with Crippen LogP contribution in [0.4, 0.5) is 0 Å². The van der Waals surface area contributed by atoms with Gasteiger partial charge < -0.3 is 4.74 Å². The Balaban J connectivity index is 1.21. The third kappa shape index (κ3) is 3.77. The number of hydrogen-bond donors (Lipinski definition) is 1. The molecule has 1 saturated carbocycles.